The fraction of sp³-hybridized carbons (Fsp3) is 0.650. The van der Waals surface area contributed by atoms with E-state index < -0.39 is 17.7 Å². The van der Waals surface area contributed by atoms with Crippen molar-refractivity contribution in [2.45, 2.75) is 57.7 Å². The van der Waals surface area contributed by atoms with Crippen LogP contribution in [0.4, 0.5) is 13.2 Å². The number of aliphatic hydroxyl groups excluding tert-OH is 1. The number of halogens is 3. The van der Waals surface area contributed by atoms with Crippen LogP contribution in [0.3, 0.4) is 0 Å². The van der Waals surface area contributed by atoms with Gasteiger partial charge in [0.05, 0.1) is 31.3 Å². The first-order valence-electron chi connectivity index (χ1n) is 9.22. The predicted molar refractivity (Wildman–Crippen MR) is 94.5 cm³/mol. The van der Waals surface area contributed by atoms with Crippen molar-refractivity contribution in [3.8, 4) is 5.75 Å². The second-order valence-corrected chi connectivity index (χ2v) is 7.43. The van der Waals surface area contributed by atoms with Gasteiger partial charge in [-0.2, -0.15) is 13.2 Å². The SMILES string of the molecule is COC(=O)[C@H]1CC[C@@H](C[C@@H](CO)c2cc(C(F)(F)F)ccc2OC(C)C)C1. The highest BCUT2D eigenvalue weighted by atomic mass is 19.4. The number of methoxy groups -OCH3 is 1. The van der Waals surface area contributed by atoms with Crippen molar-refractivity contribution in [2.24, 2.45) is 11.8 Å². The van der Waals surface area contributed by atoms with E-state index in [1.54, 1.807) is 13.8 Å². The van der Waals surface area contributed by atoms with E-state index >= 15 is 0 Å². The number of carbonyl (C=O) groups excluding carboxylic acids is 1. The Morgan fingerprint density at radius 3 is 2.56 bits per heavy atom. The van der Waals surface area contributed by atoms with E-state index in [2.05, 4.69) is 0 Å². The maximum Gasteiger partial charge on any atom is 0.416 e. The molecule has 0 aromatic heterocycles. The third-order valence-electron chi connectivity index (χ3n) is 5.05. The number of benzene rings is 1. The van der Waals surface area contributed by atoms with Gasteiger partial charge in [0.2, 0.25) is 0 Å². The lowest BCUT2D eigenvalue weighted by Crippen LogP contribution is -2.16. The highest BCUT2D eigenvalue weighted by Crippen LogP contribution is 2.41. The van der Waals surface area contributed by atoms with E-state index in [1.807, 2.05) is 0 Å². The zero-order chi connectivity index (χ0) is 20.2. The molecule has 1 aliphatic carbocycles. The monoisotopic (exact) mass is 388 g/mol. The molecule has 0 radical (unpaired) electrons. The summed E-state index contributed by atoms with van der Waals surface area (Å²) < 4.78 is 49.9. The fourth-order valence-electron chi connectivity index (χ4n) is 3.78. The van der Waals surface area contributed by atoms with Crippen molar-refractivity contribution in [1.29, 1.82) is 0 Å². The molecule has 1 N–H and O–H groups in total. The molecule has 152 valence electrons. The average Bonchev–Trinajstić information content (AvgIpc) is 3.06. The number of aliphatic hydroxyl groups is 1. The summed E-state index contributed by atoms with van der Waals surface area (Å²) in [7, 11) is 1.35. The van der Waals surface area contributed by atoms with Crippen molar-refractivity contribution in [3.05, 3.63) is 29.3 Å². The Kier molecular flexibility index (Phi) is 7.14. The molecule has 1 aromatic carbocycles. The quantitative estimate of drug-likeness (QED) is 0.697. The summed E-state index contributed by atoms with van der Waals surface area (Å²) in [6.07, 6.45) is -2.05. The van der Waals surface area contributed by atoms with Crippen LogP contribution in [0.5, 0.6) is 5.75 Å². The van der Waals surface area contributed by atoms with Crippen LogP contribution >= 0.6 is 0 Å². The molecule has 0 aliphatic heterocycles. The fourth-order valence-corrected chi connectivity index (χ4v) is 3.78. The normalized spacial score (nSPS) is 21.3. The summed E-state index contributed by atoms with van der Waals surface area (Å²) in [5.74, 6) is -0.400. The molecule has 0 spiro atoms. The summed E-state index contributed by atoms with van der Waals surface area (Å²) in [6.45, 7) is 3.32. The van der Waals surface area contributed by atoms with Crippen molar-refractivity contribution in [2.75, 3.05) is 13.7 Å². The second kappa shape index (κ2) is 8.95. The third kappa shape index (κ3) is 5.61. The van der Waals surface area contributed by atoms with E-state index in [9.17, 15) is 23.1 Å². The second-order valence-electron chi connectivity index (χ2n) is 7.43. The molecule has 0 bridgehead atoms. The summed E-state index contributed by atoms with van der Waals surface area (Å²) in [6, 6.07) is 3.40. The van der Waals surface area contributed by atoms with Gasteiger partial charge in [-0.05, 0) is 63.6 Å². The molecule has 0 unspecified atom stereocenters. The molecular weight excluding hydrogens is 361 g/mol. The molecule has 0 heterocycles. The number of rotatable bonds is 7. The van der Waals surface area contributed by atoms with Gasteiger partial charge in [-0.15, -0.1) is 0 Å². The molecule has 1 aliphatic rings. The van der Waals surface area contributed by atoms with E-state index in [1.165, 1.54) is 13.2 Å². The van der Waals surface area contributed by atoms with Crippen LogP contribution in [-0.2, 0) is 15.7 Å². The van der Waals surface area contributed by atoms with Crippen LogP contribution in [0.1, 0.15) is 56.6 Å². The Bertz CT molecular complexity index is 643. The number of alkyl halides is 3. The van der Waals surface area contributed by atoms with Crippen LogP contribution in [0.25, 0.3) is 0 Å². The standard InChI is InChI=1S/C20H27F3O4/c1-12(2)27-18-7-6-16(20(21,22)23)10-17(18)15(11-24)9-13-4-5-14(8-13)19(25)26-3/h6-7,10,12-15,24H,4-5,8-9,11H2,1-3H3/t13-,14+,15+/m1/s1. The minimum atomic E-state index is -4.46. The molecule has 2 rings (SSSR count). The molecule has 1 aromatic rings. The van der Waals surface area contributed by atoms with Gasteiger partial charge in [0.25, 0.3) is 0 Å². The zero-order valence-corrected chi connectivity index (χ0v) is 15.9. The minimum Gasteiger partial charge on any atom is -0.491 e. The number of hydrogen-bond donors (Lipinski definition) is 1. The van der Waals surface area contributed by atoms with Crippen LogP contribution in [0.15, 0.2) is 18.2 Å². The minimum absolute atomic E-state index is 0.146. The lowest BCUT2D eigenvalue weighted by molar-refractivity contribution is -0.145. The summed E-state index contributed by atoms with van der Waals surface area (Å²) in [4.78, 5) is 11.7. The van der Waals surface area contributed by atoms with Gasteiger partial charge >= 0.3 is 12.1 Å². The molecule has 7 heteroatoms. The van der Waals surface area contributed by atoms with E-state index in [0.717, 1.165) is 18.6 Å². The molecule has 27 heavy (non-hydrogen) atoms. The van der Waals surface area contributed by atoms with Crippen LogP contribution in [0, 0.1) is 11.8 Å². The maximum absolute atomic E-state index is 13.2. The van der Waals surface area contributed by atoms with Gasteiger partial charge in [-0.3, -0.25) is 4.79 Å². The highest BCUT2D eigenvalue weighted by Gasteiger charge is 2.35. The van der Waals surface area contributed by atoms with Crippen LogP contribution < -0.4 is 4.74 Å². The third-order valence-corrected chi connectivity index (χ3v) is 5.05. The number of hydrogen-bond acceptors (Lipinski definition) is 4. The average molecular weight is 388 g/mol. The summed E-state index contributed by atoms with van der Waals surface area (Å²) in [5, 5.41) is 9.88. The highest BCUT2D eigenvalue weighted by molar-refractivity contribution is 5.72. The molecule has 1 saturated carbocycles. The molecule has 4 nitrogen and oxygen atoms in total. The van der Waals surface area contributed by atoms with Crippen molar-refractivity contribution < 1.29 is 32.5 Å². The zero-order valence-electron chi connectivity index (χ0n) is 15.9. The maximum atomic E-state index is 13.2. The Labute approximate surface area is 157 Å². The Morgan fingerprint density at radius 1 is 1.30 bits per heavy atom. The Balaban J connectivity index is 2.24. The van der Waals surface area contributed by atoms with E-state index in [4.69, 9.17) is 9.47 Å². The molecule has 0 saturated heterocycles. The van der Waals surface area contributed by atoms with Gasteiger partial charge in [0.15, 0.2) is 0 Å². The van der Waals surface area contributed by atoms with Gasteiger partial charge in [-0.1, -0.05) is 0 Å². The van der Waals surface area contributed by atoms with E-state index in [0.29, 0.717) is 30.6 Å². The van der Waals surface area contributed by atoms with E-state index in [-0.39, 0.29) is 30.5 Å². The number of esters is 1. The molecule has 1 fully saturated rings. The van der Waals surface area contributed by atoms with Crippen molar-refractivity contribution in [1.82, 2.24) is 0 Å². The first-order valence-corrected chi connectivity index (χ1v) is 9.22. The Morgan fingerprint density at radius 2 is 2.00 bits per heavy atom. The van der Waals surface area contributed by atoms with Gasteiger partial charge in [0, 0.05) is 11.5 Å². The lowest BCUT2D eigenvalue weighted by atomic mass is 9.86. The smallest absolute Gasteiger partial charge is 0.416 e. The van der Waals surface area contributed by atoms with Crippen molar-refractivity contribution in [3.63, 3.8) is 0 Å². The lowest BCUT2D eigenvalue weighted by Gasteiger charge is -2.24. The summed E-state index contributed by atoms with van der Waals surface area (Å²) in [5.41, 5.74) is -0.395. The topological polar surface area (TPSA) is 55.8 Å². The first kappa shape index (κ1) is 21.5. The van der Waals surface area contributed by atoms with Crippen LogP contribution in [0.2, 0.25) is 0 Å². The van der Waals surface area contributed by atoms with Gasteiger partial charge in [0.1, 0.15) is 5.75 Å². The Hall–Kier alpha value is -1.76. The molecule has 3 atom stereocenters. The van der Waals surface area contributed by atoms with Gasteiger partial charge < -0.3 is 14.6 Å². The number of ether oxygens (including phenoxy) is 2. The predicted octanol–water partition coefficient (Wildman–Crippen LogP) is 4.55. The van der Waals surface area contributed by atoms with Crippen molar-refractivity contribution >= 4 is 5.97 Å². The first-order chi connectivity index (χ1) is 12.7. The molecular formula is C20H27F3O4. The number of carbonyl (C=O) groups is 1. The molecule has 0 amide bonds. The van der Waals surface area contributed by atoms with Gasteiger partial charge in [-0.25, -0.2) is 0 Å². The summed E-state index contributed by atoms with van der Waals surface area (Å²) >= 11 is 0. The van der Waals surface area contributed by atoms with Crippen LogP contribution in [-0.4, -0.2) is 30.9 Å². The largest absolute Gasteiger partial charge is 0.491 e.